The Labute approximate surface area is 171 Å². The fourth-order valence-electron chi connectivity index (χ4n) is 2.80. The minimum absolute atomic E-state index is 0.171. The van der Waals surface area contributed by atoms with Gasteiger partial charge in [-0.05, 0) is 61.2 Å². The topological polar surface area (TPSA) is 58.6 Å². The maximum absolute atomic E-state index is 14.2. The summed E-state index contributed by atoms with van der Waals surface area (Å²) in [6.07, 6.45) is 5.14. The SMILES string of the molecule is O=[PH](O)OCCCNCc1ccc(SCCCCCc2ccccc2)c(F)c1. The zero-order valence-corrected chi connectivity index (χ0v) is 17.8. The van der Waals surface area contributed by atoms with Crippen molar-refractivity contribution in [3.05, 3.63) is 65.5 Å². The number of thioether (sulfide) groups is 1. The molecule has 4 nitrogen and oxygen atoms in total. The van der Waals surface area contributed by atoms with Crippen molar-refractivity contribution in [2.24, 2.45) is 0 Å². The van der Waals surface area contributed by atoms with Gasteiger partial charge in [-0.15, -0.1) is 11.8 Å². The first-order chi connectivity index (χ1) is 13.6. The van der Waals surface area contributed by atoms with E-state index in [0.29, 0.717) is 24.4 Å². The van der Waals surface area contributed by atoms with E-state index in [-0.39, 0.29) is 12.4 Å². The molecule has 0 aliphatic carbocycles. The monoisotopic (exact) mass is 425 g/mol. The van der Waals surface area contributed by atoms with Crippen LogP contribution in [0.15, 0.2) is 53.4 Å². The minimum atomic E-state index is -2.84. The number of benzene rings is 2. The van der Waals surface area contributed by atoms with Crippen molar-refractivity contribution in [3.63, 3.8) is 0 Å². The number of nitrogens with one attached hydrogen (secondary N) is 1. The van der Waals surface area contributed by atoms with Crippen LogP contribution in [-0.2, 0) is 22.1 Å². The molecule has 154 valence electrons. The van der Waals surface area contributed by atoms with E-state index in [2.05, 4.69) is 34.1 Å². The zero-order valence-electron chi connectivity index (χ0n) is 16.0. The first-order valence-electron chi connectivity index (χ1n) is 9.67. The molecule has 2 rings (SSSR count). The molecule has 0 aliphatic rings. The van der Waals surface area contributed by atoms with Crippen LogP contribution in [0.3, 0.4) is 0 Å². The van der Waals surface area contributed by atoms with E-state index in [1.165, 1.54) is 5.56 Å². The summed E-state index contributed by atoms with van der Waals surface area (Å²) < 4.78 is 29.3. The molecule has 0 aromatic heterocycles. The minimum Gasteiger partial charge on any atom is -0.326 e. The molecule has 0 saturated heterocycles. The normalized spacial score (nSPS) is 12.2. The fraction of sp³-hybridized carbons (Fsp3) is 0.429. The molecule has 2 aromatic rings. The maximum atomic E-state index is 14.2. The highest BCUT2D eigenvalue weighted by molar-refractivity contribution is 7.99. The van der Waals surface area contributed by atoms with Gasteiger partial charge >= 0.3 is 8.25 Å². The number of halogens is 1. The summed E-state index contributed by atoms with van der Waals surface area (Å²) in [6.45, 7) is 1.46. The molecule has 0 spiro atoms. The second kappa shape index (κ2) is 13.9. The van der Waals surface area contributed by atoms with E-state index in [1.807, 2.05) is 18.2 Å². The summed E-state index contributed by atoms with van der Waals surface area (Å²) in [4.78, 5) is 9.26. The maximum Gasteiger partial charge on any atom is 0.316 e. The lowest BCUT2D eigenvalue weighted by atomic mass is 10.1. The Bertz CT molecular complexity index is 718. The molecule has 1 atom stereocenters. The van der Waals surface area contributed by atoms with Gasteiger partial charge in [0.15, 0.2) is 0 Å². The van der Waals surface area contributed by atoms with Crippen LogP contribution in [0.4, 0.5) is 4.39 Å². The Morgan fingerprint density at radius 3 is 2.61 bits per heavy atom. The van der Waals surface area contributed by atoms with Crippen LogP contribution in [0.5, 0.6) is 0 Å². The smallest absolute Gasteiger partial charge is 0.316 e. The predicted octanol–water partition coefficient (Wildman–Crippen LogP) is 5.21. The van der Waals surface area contributed by atoms with Crippen molar-refractivity contribution < 1.29 is 18.4 Å². The van der Waals surface area contributed by atoms with Crippen molar-refractivity contribution in [3.8, 4) is 0 Å². The van der Waals surface area contributed by atoms with Crippen LogP contribution in [0.1, 0.15) is 36.8 Å². The van der Waals surface area contributed by atoms with E-state index in [0.717, 1.165) is 37.0 Å². The molecule has 2 N–H and O–H groups in total. The molecule has 7 heteroatoms. The van der Waals surface area contributed by atoms with Gasteiger partial charge in [0.2, 0.25) is 0 Å². The second-order valence-corrected chi connectivity index (χ2v) is 8.51. The van der Waals surface area contributed by atoms with E-state index in [4.69, 9.17) is 4.89 Å². The Morgan fingerprint density at radius 2 is 1.86 bits per heavy atom. The summed E-state index contributed by atoms with van der Waals surface area (Å²) in [5.74, 6) is 0.757. The lowest BCUT2D eigenvalue weighted by Gasteiger charge is -2.08. The number of hydrogen-bond acceptors (Lipinski definition) is 4. The largest absolute Gasteiger partial charge is 0.326 e. The third-order valence-corrected chi connectivity index (χ3v) is 5.84. The van der Waals surface area contributed by atoms with Gasteiger partial charge in [-0.2, -0.15) is 0 Å². The molecule has 28 heavy (non-hydrogen) atoms. The molecular formula is C21H29FNO3PS. The van der Waals surface area contributed by atoms with Crippen molar-refractivity contribution in [2.75, 3.05) is 18.9 Å². The highest BCUT2D eigenvalue weighted by atomic mass is 32.2. The van der Waals surface area contributed by atoms with Crippen LogP contribution >= 0.6 is 20.0 Å². The lowest BCUT2D eigenvalue weighted by molar-refractivity contribution is 0.276. The zero-order chi connectivity index (χ0) is 20.0. The van der Waals surface area contributed by atoms with Crippen LogP contribution in [-0.4, -0.2) is 23.8 Å². The van der Waals surface area contributed by atoms with Gasteiger partial charge < -0.3 is 14.7 Å². The van der Waals surface area contributed by atoms with E-state index < -0.39 is 8.25 Å². The molecule has 0 heterocycles. The Balaban J connectivity index is 1.58. The van der Waals surface area contributed by atoms with Crippen LogP contribution in [0.2, 0.25) is 0 Å². The Kier molecular flexibility index (Phi) is 11.5. The number of hydrogen-bond donors (Lipinski definition) is 2. The molecule has 1 unspecified atom stereocenters. The van der Waals surface area contributed by atoms with E-state index in [1.54, 1.807) is 17.8 Å². The molecule has 0 saturated carbocycles. The summed E-state index contributed by atoms with van der Waals surface area (Å²) in [5.41, 5.74) is 2.27. The molecular weight excluding hydrogens is 396 g/mol. The molecule has 0 amide bonds. The quantitative estimate of drug-likeness (QED) is 0.247. The third-order valence-electron chi connectivity index (χ3n) is 4.26. The first kappa shape index (κ1) is 23.1. The van der Waals surface area contributed by atoms with Crippen LogP contribution in [0.25, 0.3) is 0 Å². The van der Waals surface area contributed by atoms with Gasteiger partial charge in [-0.3, -0.25) is 4.57 Å². The molecule has 0 radical (unpaired) electrons. The fourth-order valence-corrected chi connectivity index (χ4v) is 4.04. The summed E-state index contributed by atoms with van der Waals surface area (Å²) in [6, 6.07) is 15.9. The first-order valence-corrected chi connectivity index (χ1v) is 11.9. The Morgan fingerprint density at radius 1 is 1.04 bits per heavy atom. The van der Waals surface area contributed by atoms with Gasteiger partial charge in [0.05, 0.1) is 6.61 Å². The highest BCUT2D eigenvalue weighted by Gasteiger charge is 2.05. The second-order valence-electron chi connectivity index (χ2n) is 6.55. The average molecular weight is 426 g/mol. The van der Waals surface area contributed by atoms with Crippen LogP contribution in [0, 0.1) is 5.82 Å². The number of unbranched alkanes of at least 4 members (excludes halogenated alkanes) is 2. The van der Waals surface area contributed by atoms with E-state index >= 15 is 0 Å². The third kappa shape index (κ3) is 9.85. The van der Waals surface area contributed by atoms with Gasteiger partial charge in [0.25, 0.3) is 0 Å². The predicted molar refractivity (Wildman–Crippen MR) is 115 cm³/mol. The van der Waals surface area contributed by atoms with Crippen molar-refractivity contribution in [2.45, 2.75) is 43.5 Å². The van der Waals surface area contributed by atoms with Gasteiger partial charge in [-0.25, -0.2) is 4.39 Å². The average Bonchev–Trinajstić information content (AvgIpc) is 2.69. The Hall–Kier alpha value is -1.17. The lowest BCUT2D eigenvalue weighted by Crippen LogP contribution is -2.16. The van der Waals surface area contributed by atoms with Gasteiger partial charge in [0.1, 0.15) is 5.82 Å². The van der Waals surface area contributed by atoms with Crippen molar-refractivity contribution in [1.82, 2.24) is 5.32 Å². The van der Waals surface area contributed by atoms with Gasteiger partial charge in [0, 0.05) is 11.4 Å². The molecule has 2 aromatic carbocycles. The van der Waals surface area contributed by atoms with Crippen molar-refractivity contribution in [1.29, 1.82) is 0 Å². The van der Waals surface area contributed by atoms with Gasteiger partial charge in [-0.1, -0.05) is 42.8 Å². The number of aryl methyl sites for hydroxylation is 1. The standard InChI is InChI=1S/C21H29FNO3PS/c22-20-16-19(17-23-13-7-14-26-27(24)25)11-12-21(20)28-15-6-2-5-10-18-8-3-1-4-9-18/h1,3-4,8-9,11-12,16,23,27H,2,5-7,10,13-15,17H2,(H,24,25). The molecule has 0 bridgehead atoms. The summed E-state index contributed by atoms with van der Waals surface area (Å²) in [7, 11) is -2.84. The van der Waals surface area contributed by atoms with E-state index in [9.17, 15) is 8.96 Å². The molecule has 0 fully saturated rings. The highest BCUT2D eigenvalue weighted by Crippen LogP contribution is 2.24. The number of rotatable bonds is 14. The summed E-state index contributed by atoms with van der Waals surface area (Å²) in [5, 5.41) is 3.18. The molecule has 0 aliphatic heterocycles. The van der Waals surface area contributed by atoms with Crippen LogP contribution < -0.4 is 5.32 Å². The van der Waals surface area contributed by atoms with Crippen molar-refractivity contribution >= 4 is 20.0 Å². The summed E-state index contributed by atoms with van der Waals surface area (Å²) >= 11 is 1.58.